The number of nitro groups is 1. The number of carbonyl (C=O) groups excluding carboxylic acids is 1. The highest BCUT2D eigenvalue weighted by molar-refractivity contribution is 9.10. The molecular weight excluding hydrogens is 380 g/mol. The zero-order valence-corrected chi connectivity index (χ0v) is 13.5. The van der Waals surface area contributed by atoms with Crippen molar-refractivity contribution in [2.75, 3.05) is 5.32 Å². The van der Waals surface area contributed by atoms with Crippen molar-refractivity contribution < 1.29 is 14.8 Å². The summed E-state index contributed by atoms with van der Waals surface area (Å²) in [6.07, 6.45) is 1.15. The van der Waals surface area contributed by atoms with Crippen LogP contribution in [-0.2, 0) is 4.79 Å². The molecule has 0 saturated heterocycles. The third-order valence-electron chi connectivity index (χ3n) is 3.29. The Bertz CT molecular complexity index is 924. The number of para-hydroxylation sites is 1. The smallest absolute Gasteiger partial charge is 0.276 e. The minimum absolute atomic E-state index is 0.104. The van der Waals surface area contributed by atoms with E-state index in [4.69, 9.17) is 0 Å². The number of phenolic OH excluding ortho intramolecular Hbond substituents is 1. The number of nitro benzene ring substituents is 1. The van der Waals surface area contributed by atoms with E-state index in [2.05, 4.69) is 31.4 Å². The van der Waals surface area contributed by atoms with Crippen molar-refractivity contribution in [1.82, 2.24) is 0 Å². The minimum atomic E-state index is -0.589. The van der Waals surface area contributed by atoms with Gasteiger partial charge in [-0.1, -0.05) is 18.2 Å². The molecule has 3 rings (SSSR count). The molecule has 0 radical (unpaired) electrons. The Labute approximate surface area is 143 Å². The number of hydrogen-bond acceptors (Lipinski definition) is 6. The summed E-state index contributed by atoms with van der Waals surface area (Å²) in [5.74, 6) is -0.599. The highest BCUT2D eigenvalue weighted by atomic mass is 79.9. The van der Waals surface area contributed by atoms with E-state index in [1.807, 2.05) is 0 Å². The number of nitrogens with zero attached hydrogens (tertiary/aromatic N) is 3. The van der Waals surface area contributed by atoms with Crippen LogP contribution in [0.1, 0.15) is 11.1 Å². The maximum Gasteiger partial charge on any atom is 0.276 e. The molecule has 24 heavy (non-hydrogen) atoms. The number of rotatable bonds is 3. The second-order valence-electron chi connectivity index (χ2n) is 4.82. The van der Waals surface area contributed by atoms with Gasteiger partial charge in [-0.3, -0.25) is 14.9 Å². The van der Waals surface area contributed by atoms with E-state index in [0.29, 0.717) is 11.3 Å². The lowest BCUT2D eigenvalue weighted by atomic mass is 10.1. The number of halogens is 1. The summed E-state index contributed by atoms with van der Waals surface area (Å²) >= 11 is 3.04. The first-order valence-electron chi connectivity index (χ1n) is 6.66. The number of carbonyl (C=O) groups is 1. The molecule has 2 aromatic rings. The summed E-state index contributed by atoms with van der Waals surface area (Å²) in [6, 6.07) is 9.35. The first-order valence-corrected chi connectivity index (χ1v) is 7.45. The van der Waals surface area contributed by atoms with Crippen molar-refractivity contribution in [3.63, 3.8) is 0 Å². The van der Waals surface area contributed by atoms with Crippen molar-refractivity contribution in [2.24, 2.45) is 10.2 Å². The van der Waals surface area contributed by atoms with Crippen LogP contribution in [0.4, 0.5) is 11.4 Å². The Balaban J connectivity index is 1.95. The summed E-state index contributed by atoms with van der Waals surface area (Å²) in [5.41, 5.74) is 1.28. The summed E-state index contributed by atoms with van der Waals surface area (Å²) < 4.78 is 0.162. The maximum atomic E-state index is 11.9. The largest absolute Gasteiger partial charge is 0.506 e. The van der Waals surface area contributed by atoms with Crippen molar-refractivity contribution in [2.45, 2.75) is 0 Å². The van der Waals surface area contributed by atoms with E-state index < -0.39 is 10.8 Å². The molecule has 8 nitrogen and oxygen atoms in total. The summed E-state index contributed by atoms with van der Waals surface area (Å²) in [4.78, 5) is 22.1. The zero-order valence-electron chi connectivity index (χ0n) is 11.9. The molecule has 120 valence electrons. The number of fused-ring (bicyclic) bond motifs is 1. The molecule has 0 saturated carbocycles. The second-order valence-corrected chi connectivity index (χ2v) is 5.67. The Morgan fingerprint density at radius 1 is 1.29 bits per heavy atom. The standard InChI is InChI=1S/C15H9BrN4O4/c16-11-6-9(20(23)24)5-8(14(11)21)7-17-19-13-10-3-1-2-4-12(10)18-15(13)22/h1-7,21H,(H,18,19,22)/b17-7+. The number of hydrogen-bond donors (Lipinski definition) is 2. The number of aromatic hydroxyl groups is 1. The molecule has 0 bridgehead atoms. The molecule has 2 aromatic carbocycles. The summed E-state index contributed by atoms with van der Waals surface area (Å²) in [7, 11) is 0. The molecule has 0 unspecified atom stereocenters. The molecule has 0 fully saturated rings. The van der Waals surface area contributed by atoms with Gasteiger partial charge in [0, 0.05) is 23.3 Å². The lowest BCUT2D eigenvalue weighted by molar-refractivity contribution is -0.385. The molecule has 0 aliphatic carbocycles. The van der Waals surface area contributed by atoms with Crippen LogP contribution in [0.5, 0.6) is 5.75 Å². The van der Waals surface area contributed by atoms with Gasteiger partial charge in [0.15, 0.2) is 5.71 Å². The molecule has 1 aliphatic heterocycles. The van der Waals surface area contributed by atoms with Gasteiger partial charge in [0.05, 0.1) is 21.3 Å². The van der Waals surface area contributed by atoms with E-state index in [1.165, 1.54) is 6.07 Å². The lowest BCUT2D eigenvalue weighted by Crippen LogP contribution is -2.13. The highest BCUT2D eigenvalue weighted by Crippen LogP contribution is 2.31. The molecule has 1 amide bonds. The van der Waals surface area contributed by atoms with Crippen LogP contribution < -0.4 is 5.32 Å². The van der Waals surface area contributed by atoms with E-state index in [0.717, 1.165) is 12.3 Å². The van der Waals surface area contributed by atoms with E-state index in [-0.39, 0.29) is 27.2 Å². The molecule has 0 spiro atoms. The average Bonchev–Trinajstić information content (AvgIpc) is 2.87. The van der Waals surface area contributed by atoms with Crippen LogP contribution in [0.3, 0.4) is 0 Å². The van der Waals surface area contributed by atoms with Gasteiger partial charge in [-0.05, 0) is 22.0 Å². The van der Waals surface area contributed by atoms with Gasteiger partial charge in [-0.15, -0.1) is 5.10 Å². The molecule has 1 heterocycles. The molecule has 0 aromatic heterocycles. The van der Waals surface area contributed by atoms with Gasteiger partial charge in [0.25, 0.3) is 11.6 Å². The van der Waals surface area contributed by atoms with Gasteiger partial charge in [-0.2, -0.15) is 5.10 Å². The monoisotopic (exact) mass is 388 g/mol. The lowest BCUT2D eigenvalue weighted by Gasteiger charge is -2.01. The molecule has 1 aliphatic rings. The van der Waals surface area contributed by atoms with Gasteiger partial charge < -0.3 is 10.4 Å². The SMILES string of the molecule is O=C1Nc2ccccc2/C1=N/N=C/c1cc([N+](=O)[O-])cc(Br)c1O. The van der Waals surface area contributed by atoms with Crippen LogP contribution in [0, 0.1) is 10.1 Å². The van der Waals surface area contributed by atoms with Crippen LogP contribution in [0.15, 0.2) is 51.1 Å². The number of amides is 1. The second kappa shape index (κ2) is 6.20. The van der Waals surface area contributed by atoms with Crippen LogP contribution in [0.2, 0.25) is 0 Å². The molecule has 9 heteroatoms. The highest BCUT2D eigenvalue weighted by Gasteiger charge is 2.25. The van der Waals surface area contributed by atoms with Crippen molar-refractivity contribution in [1.29, 1.82) is 0 Å². The normalized spacial score (nSPS) is 14.9. The predicted molar refractivity (Wildman–Crippen MR) is 91.7 cm³/mol. The third kappa shape index (κ3) is 2.88. The fourth-order valence-corrected chi connectivity index (χ4v) is 2.62. The van der Waals surface area contributed by atoms with Gasteiger partial charge in [-0.25, -0.2) is 0 Å². The van der Waals surface area contributed by atoms with Crippen molar-refractivity contribution >= 4 is 45.1 Å². The summed E-state index contributed by atoms with van der Waals surface area (Å²) in [5, 5.41) is 31.1. The number of phenols is 1. The first kappa shape index (κ1) is 15.8. The first-order chi connectivity index (χ1) is 11.5. The van der Waals surface area contributed by atoms with E-state index in [1.54, 1.807) is 24.3 Å². The van der Waals surface area contributed by atoms with Crippen molar-refractivity contribution in [3.8, 4) is 5.75 Å². The fraction of sp³-hybridized carbons (Fsp3) is 0. The number of nitrogens with one attached hydrogen (secondary N) is 1. The quantitative estimate of drug-likeness (QED) is 0.477. The minimum Gasteiger partial charge on any atom is -0.506 e. The topological polar surface area (TPSA) is 117 Å². The number of non-ortho nitro benzene ring substituents is 1. The molecule has 0 atom stereocenters. The molecular formula is C15H9BrN4O4. The summed E-state index contributed by atoms with van der Waals surface area (Å²) in [6.45, 7) is 0. The fourth-order valence-electron chi connectivity index (χ4n) is 2.16. The number of anilines is 1. The Kier molecular flexibility index (Phi) is 4.09. The predicted octanol–water partition coefficient (Wildman–Crippen LogP) is 2.84. The third-order valence-corrected chi connectivity index (χ3v) is 3.89. The van der Waals surface area contributed by atoms with E-state index >= 15 is 0 Å². The maximum absolute atomic E-state index is 11.9. The van der Waals surface area contributed by atoms with Crippen molar-refractivity contribution in [3.05, 3.63) is 62.1 Å². The van der Waals surface area contributed by atoms with Gasteiger partial charge >= 0.3 is 0 Å². The van der Waals surface area contributed by atoms with Crippen LogP contribution in [-0.4, -0.2) is 27.9 Å². The Morgan fingerprint density at radius 2 is 2.04 bits per heavy atom. The Morgan fingerprint density at radius 3 is 2.79 bits per heavy atom. The Hall–Kier alpha value is -3.07. The van der Waals surface area contributed by atoms with Crippen LogP contribution >= 0.6 is 15.9 Å². The zero-order chi connectivity index (χ0) is 17.3. The average molecular weight is 389 g/mol. The van der Waals surface area contributed by atoms with Crippen LogP contribution in [0.25, 0.3) is 0 Å². The van der Waals surface area contributed by atoms with E-state index in [9.17, 15) is 20.0 Å². The number of benzene rings is 2. The molecule has 2 N–H and O–H groups in total. The van der Waals surface area contributed by atoms with Gasteiger partial charge in [0.2, 0.25) is 0 Å². The van der Waals surface area contributed by atoms with Gasteiger partial charge in [0.1, 0.15) is 5.75 Å².